The van der Waals surface area contributed by atoms with Crippen LogP contribution in [0.5, 0.6) is 0 Å². The molecule has 33 heavy (non-hydrogen) atoms. The molecule has 0 saturated heterocycles. The van der Waals surface area contributed by atoms with Crippen LogP contribution < -0.4 is 5.32 Å². The Morgan fingerprint density at radius 1 is 1.03 bits per heavy atom. The molecular formula is C28H35N3OS. The number of nitrogens with zero attached hydrogens (tertiary/aromatic N) is 2. The maximum absolute atomic E-state index is 13.7. The second kappa shape index (κ2) is 10.5. The lowest BCUT2D eigenvalue weighted by Crippen LogP contribution is -2.42. The van der Waals surface area contributed by atoms with Gasteiger partial charge < -0.3 is 10.2 Å². The van der Waals surface area contributed by atoms with Gasteiger partial charge in [-0.05, 0) is 63.3 Å². The van der Waals surface area contributed by atoms with E-state index < -0.39 is 0 Å². The van der Waals surface area contributed by atoms with Gasteiger partial charge in [-0.3, -0.25) is 0 Å². The van der Waals surface area contributed by atoms with E-state index in [2.05, 4.69) is 77.8 Å². The molecule has 174 valence electrons. The van der Waals surface area contributed by atoms with Gasteiger partial charge in [-0.1, -0.05) is 61.6 Å². The van der Waals surface area contributed by atoms with Crippen molar-refractivity contribution >= 4 is 23.1 Å². The highest BCUT2D eigenvalue weighted by Gasteiger charge is 2.26. The summed E-state index contributed by atoms with van der Waals surface area (Å²) in [5.41, 5.74) is 7.66. The maximum atomic E-state index is 13.7. The number of nitrogens with one attached hydrogen (secondary N) is 1. The first kappa shape index (κ1) is 23.5. The Balaban J connectivity index is 1.61. The summed E-state index contributed by atoms with van der Waals surface area (Å²) in [4.78, 5) is 20.4. The first-order valence-electron chi connectivity index (χ1n) is 12.1. The second-order valence-electron chi connectivity index (χ2n) is 9.43. The minimum Gasteiger partial charge on any atom is -0.317 e. The fourth-order valence-corrected chi connectivity index (χ4v) is 5.64. The molecule has 2 amide bonds. The number of anilines is 1. The fourth-order valence-electron chi connectivity index (χ4n) is 5.01. The minimum atomic E-state index is 0.00635. The topological polar surface area (TPSA) is 45.2 Å². The Labute approximate surface area is 202 Å². The first-order valence-corrected chi connectivity index (χ1v) is 13.0. The molecule has 0 radical (unpaired) electrons. The molecule has 1 aliphatic rings. The van der Waals surface area contributed by atoms with E-state index >= 15 is 0 Å². The van der Waals surface area contributed by atoms with Gasteiger partial charge in [0.1, 0.15) is 0 Å². The fraction of sp³-hybridized carbons (Fsp3) is 0.429. The molecule has 3 aromatic rings. The third-order valence-electron chi connectivity index (χ3n) is 6.63. The first-order chi connectivity index (χ1) is 15.9. The molecule has 1 N–H and O–H groups in total. The largest absolute Gasteiger partial charge is 0.322 e. The molecule has 2 aromatic carbocycles. The zero-order chi connectivity index (χ0) is 23.4. The van der Waals surface area contributed by atoms with Crippen molar-refractivity contribution < 1.29 is 4.79 Å². The van der Waals surface area contributed by atoms with Gasteiger partial charge in [-0.25, -0.2) is 9.78 Å². The number of urea groups is 1. The number of hydrogen-bond donors (Lipinski definition) is 1. The molecule has 4 nitrogen and oxygen atoms in total. The van der Waals surface area contributed by atoms with Crippen molar-refractivity contribution in [3.05, 3.63) is 69.0 Å². The van der Waals surface area contributed by atoms with Crippen molar-refractivity contribution in [1.29, 1.82) is 0 Å². The summed E-state index contributed by atoms with van der Waals surface area (Å²) in [6.45, 7) is 8.89. The van der Waals surface area contributed by atoms with Gasteiger partial charge in [0.15, 0.2) is 0 Å². The number of hydrogen-bond acceptors (Lipinski definition) is 3. The van der Waals surface area contributed by atoms with E-state index in [-0.39, 0.29) is 12.1 Å². The molecule has 1 heterocycles. The minimum absolute atomic E-state index is 0.00635. The van der Waals surface area contributed by atoms with E-state index in [1.165, 1.54) is 31.2 Å². The number of amides is 2. The number of aryl methyl sites for hydroxylation is 4. The Kier molecular flexibility index (Phi) is 7.49. The average molecular weight is 462 g/mol. The molecular weight excluding hydrogens is 426 g/mol. The van der Waals surface area contributed by atoms with Crippen molar-refractivity contribution in [2.45, 2.75) is 78.8 Å². The van der Waals surface area contributed by atoms with Crippen LogP contribution in [-0.4, -0.2) is 22.0 Å². The number of benzene rings is 2. The van der Waals surface area contributed by atoms with E-state index in [0.717, 1.165) is 51.5 Å². The summed E-state index contributed by atoms with van der Waals surface area (Å²) >= 11 is 1.67. The smallest absolute Gasteiger partial charge is 0.317 e. The zero-order valence-corrected chi connectivity index (χ0v) is 21.1. The van der Waals surface area contributed by atoms with E-state index in [9.17, 15) is 4.79 Å². The predicted molar refractivity (Wildman–Crippen MR) is 139 cm³/mol. The molecule has 1 saturated carbocycles. The molecule has 0 aliphatic heterocycles. The lowest BCUT2D eigenvalue weighted by atomic mass is 10.0. The van der Waals surface area contributed by atoms with Crippen LogP contribution in [0.2, 0.25) is 0 Å². The van der Waals surface area contributed by atoms with E-state index in [1.54, 1.807) is 11.3 Å². The summed E-state index contributed by atoms with van der Waals surface area (Å²) in [5, 5.41) is 6.44. The number of aromatic nitrogens is 1. The quantitative estimate of drug-likeness (QED) is 0.394. The van der Waals surface area contributed by atoms with E-state index in [4.69, 9.17) is 0 Å². The monoisotopic (exact) mass is 461 g/mol. The van der Waals surface area contributed by atoms with Gasteiger partial charge in [0.2, 0.25) is 0 Å². The summed E-state index contributed by atoms with van der Waals surface area (Å²) in [6.07, 6.45) is 7.06. The Morgan fingerprint density at radius 3 is 2.36 bits per heavy atom. The molecule has 4 rings (SSSR count). The van der Waals surface area contributed by atoms with Crippen LogP contribution in [0, 0.1) is 27.7 Å². The van der Waals surface area contributed by atoms with Gasteiger partial charge in [-0.2, -0.15) is 0 Å². The molecule has 1 fully saturated rings. The van der Waals surface area contributed by atoms with E-state index in [0.29, 0.717) is 6.54 Å². The van der Waals surface area contributed by atoms with Gasteiger partial charge in [-0.15, -0.1) is 11.3 Å². The lowest BCUT2D eigenvalue weighted by Gasteiger charge is -2.32. The number of carbonyl (C=O) groups excluding carboxylic acids is 1. The molecule has 5 heteroatoms. The van der Waals surface area contributed by atoms with Crippen molar-refractivity contribution in [2.24, 2.45) is 0 Å². The Hall–Kier alpha value is -2.66. The van der Waals surface area contributed by atoms with Crippen molar-refractivity contribution in [3.63, 3.8) is 0 Å². The van der Waals surface area contributed by atoms with Crippen LogP contribution in [-0.2, 0) is 6.54 Å². The average Bonchev–Trinajstić information content (AvgIpc) is 3.04. The summed E-state index contributed by atoms with van der Waals surface area (Å²) < 4.78 is 0. The van der Waals surface area contributed by atoms with Crippen LogP contribution in [0.3, 0.4) is 0 Å². The summed E-state index contributed by atoms with van der Waals surface area (Å²) in [6, 6.07) is 13.0. The van der Waals surface area contributed by atoms with Crippen LogP contribution in [0.15, 0.2) is 41.8 Å². The van der Waals surface area contributed by atoms with E-state index in [1.807, 2.05) is 6.92 Å². The normalized spacial score (nSPS) is 14.7. The number of thiazole rings is 1. The van der Waals surface area contributed by atoms with Gasteiger partial charge >= 0.3 is 6.03 Å². The predicted octanol–water partition coefficient (Wildman–Crippen LogP) is 7.80. The molecule has 0 atom stereocenters. The van der Waals surface area contributed by atoms with Gasteiger partial charge in [0, 0.05) is 29.2 Å². The standard InChI is InChI=1S/C28H35N3OS/c1-19-14-20(2)27(21(3)15-19)30-28(32)31(25-12-7-5-6-8-13-25)17-23-10-9-11-24(16-23)26-18-33-22(4)29-26/h9-11,14-16,18,25H,5-8,12-13,17H2,1-4H3,(H,30,32). The maximum Gasteiger partial charge on any atom is 0.322 e. The van der Waals surface area contributed by atoms with Gasteiger partial charge in [0.05, 0.1) is 10.7 Å². The number of rotatable bonds is 5. The molecule has 0 unspecified atom stereocenters. The highest BCUT2D eigenvalue weighted by molar-refractivity contribution is 7.09. The van der Waals surface area contributed by atoms with Crippen LogP contribution in [0.1, 0.15) is 65.8 Å². The SMILES string of the molecule is Cc1cc(C)c(NC(=O)N(Cc2cccc(-c3csc(C)n3)c2)C2CCCCCC2)c(C)c1. The third-order valence-corrected chi connectivity index (χ3v) is 7.40. The highest BCUT2D eigenvalue weighted by atomic mass is 32.1. The van der Waals surface area contributed by atoms with Crippen molar-refractivity contribution in [3.8, 4) is 11.3 Å². The summed E-state index contributed by atoms with van der Waals surface area (Å²) in [5.74, 6) is 0. The Morgan fingerprint density at radius 2 is 1.73 bits per heavy atom. The van der Waals surface area contributed by atoms with Crippen molar-refractivity contribution in [1.82, 2.24) is 9.88 Å². The molecule has 1 aromatic heterocycles. The highest BCUT2D eigenvalue weighted by Crippen LogP contribution is 2.28. The van der Waals surface area contributed by atoms with Crippen LogP contribution in [0.4, 0.5) is 10.5 Å². The second-order valence-corrected chi connectivity index (χ2v) is 10.5. The molecule has 0 bridgehead atoms. The van der Waals surface area contributed by atoms with Crippen LogP contribution >= 0.6 is 11.3 Å². The van der Waals surface area contributed by atoms with Crippen LogP contribution in [0.25, 0.3) is 11.3 Å². The summed E-state index contributed by atoms with van der Waals surface area (Å²) in [7, 11) is 0. The van der Waals surface area contributed by atoms with Gasteiger partial charge in [0.25, 0.3) is 0 Å². The van der Waals surface area contributed by atoms with Crippen molar-refractivity contribution in [2.75, 3.05) is 5.32 Å². The molecule has 1 aliphatic carbocycles. The Bertz CT molecular complexity index is 1090. The third kappa shape index (κ3) is 5.83. The molecule has 0 spiro atoms. The number of carbonyl (C=O) groups is 1. The lowest BCUT2D eigenvalue weighted by molar-refractivity contribution is 0.175. The zero-order valence-electron chi connectivity index (χ0n) is 20.3.